The summed E-state index contributed by atoms with van der Waals surface area (Å²) in [5.41, 5.74) is 3.61. The minimum Gasteiger partial charge on any atom is -0.485 e. The molecule has 0 spiro atoms. The summed E-state index contributed by atoms with van der Waals surface area (Å²) < 4.78 is 19.4. The molecule has 1 unspecified atom stereocenters. The molecule has 0 bridgehead atoms. The largest absolute Gasteiger partial charge is 0.485 e. The average molecular weight is 316 g/mol. The van der Waals surface area contributed by atoms with Gasteiger partial charge < -0.3 is 4.74 Å². The maximum Gasteiger partial charge on any atom is 0.145 e. The Bertz CT molecular complexity index is 735. The fraction of sp³-hybridized carbons (Fsp3) is 0.278. The van der Waals surface area contributed by atoms with Crippen molar-refractivity contribution < 1.29 is 9.13 Å². The highest BCUT2D eigenvalue weighted by atomic mass is 35.5. The van der Waals surface area contributed by atoms with E-state index >= 15 is 0 Å². The smallest absolute Gasteiger partial charge is 0.145 e. The number of ether oxygens (including phenoxy) is 1. The Morgan fingerprint density at radius 1 is 1.32 bits per heavy atom. The molecule has 0 N–H and O–H groups in total. The standard InChI is InChI=1S/C18H15ClFNO/c1-2-3-11-4-12(10-21)6-13(5-11)17-8-14-7-15(19)16(20)9-18(14)22-17/h4-7,9,17H,2-3,8H2,1H3. The van der Waals surface area contributed by atoms with Gasteiger partial charge in [0.1, 0.15) is 17.7 Å². The molecule has 0 saturated heterocycles. The van der Waals surface area contributed by atoms with Gasteiger partial charge in [-0.25, -0.2) is 4.39 Å². The van der Waals surface area contributed by atoms with E-state index in [9.17, 15) is 9.65 Å². The van der Waals surface area contributed by atoms with Gasteiger partial charge in [0.2, 0.25) is 0 Å². The molecule has 1 heterocycles. The monoisotopic (exact) mass is 315 g/mol. The zero-order chi connectivity index (χ0) is 15.7. The van der Waals surface area contributed by atoms with Crippen molar-refractivity contribution >= 4 is 11.6 Å². The summed E-state index contributed by atoms with van der Waals surface area (Å²) in [6, 6.07) is 11.0. The predicted molar refractivity (Wildman–Crippen MR) is 83.6 cm³/mol. The van der Waals surface area contributed by atoms with Gasteiger partial charge in [0.25, 0.3) is 0 Å². The summed E-state index contributed by atoms with van der Waals surface area (Å²) >= 11 is 5.83. The van der Waals surface area contributed by atoms with Crippen LogP contribution in [0, 0.1) is 17.1 Å². The van der Waals surface area contributed by atoms with E-state index in [-0.39, 0.29) is 11.1 Å². The van der Waals surface area contributed by atoms with Crippen molar-refractivity contribution in [2.45, 2.75) is 32.3 Å². The van der Waals surface area contributed by atoms with Crippen LogP contribution in [0.4, 0.5) is 4.39 Å². The van der Waals surface area contributed by atoms with Gasteiger partial charge in [-0.1, -0.05) is 31.0 Å². The summed E-state index contributed by atoms with van der Waals surface area (Å²) in [5, 5.41) is 9.30. The van der Waals surface area contributed by atoms with Crippen molar-refractivity contribution in [2.75, 3.05) is 0 Å². The third-order valence-corrected chi connectivity index (χ3v) is 4.12. The molecule has 2 nitrogen and oxygen atoms in total. The van der Waals surface area contributed by atoms with Crippen molar-refractivity contribution in [3.8, 4) is 11.8 Å². The summed E-state index contributed by atoms with van der Waals surface area (Å²) in [6.45, 7) is 2.10. The van der Waals surface area contributed by atoms with E-state index in [1.807, 2.05) is 12.1 Å². The number of halogens is 2. The Morgan fingerprint density at radius 3 is 2.86 bits per heavy atom. The van der Waals surface area contributed by atoms with Gasteiger partial charge in [0, 0.05) is 12.5 Å². The quantitative estimate of drug-likeness (QED) is 0.800. The Balaban J connectivity index is 1.93. The molecule has 0 saturated carbocycles. The Hall–Kier alpha value is -2.05. The van der Waals surface area contributed by atoms with Crippen molar-refractivity contribution in [2.24, 2.45) is 0 Å². The summed E-state index contributed by atoms with van der Waals surface area (Å²) in [4.78, 5) is 0. The van der Waals surface area contributed by atoms with E-state index < -0.39 is 5.82 Å². The molecular weight excluding hydrogens is 301 g/mol. The first-order chi connectivity index (χ1) is 10.6. The van der Waals surface area contributed by atoms with Crippen molar-refractivity contribution in [1.29, 1.82) is 5.26 Å². The van der Waals surface area contributed by atoms with Gasteiger partial charge in [-0.3, -0.25) is 0 Å². The van der Waals surface area contributed by atoms with Crippen LogP contribution in [-0.4, -0.2) is 0 Å². The number of rotatable bonds is 3. The first kappa shape index (κ1) is 14.9. The number of aryl methyl sites for hydroxylation is 1. The molecule has 1 aliphatic heterocycles. The molecule has 3 rings (SSSR count). The zero-order valence-corrected chi connectivity index (χ0v) is 13.0. The highest BCUT2D eigenvalue weighted by Gasteiger charge is 2.26. The van der Waals surface area contributed by atoms with E-state index in [0.29, 0.717) is 17.7 Å². The normalized spacial score (nSPS) is 16.0. The van der Waals surface area contributed by atoms with Crippen LogP contribution in [0.5, 0.6) is 5.75 Å². The Morgan fingerprint density at radius 2 is 2.14 bits per heavy atom. The maximum atomic E-state index is 13.5. The number of nitriles is 1. The number of nitrogens with zero attached hydrogens (tertiary/aromatic N) is 1. The maximum absolute atomic E-state index is 13.5. The second-order valence-corrected chi connectivity index (χ2v) is 5.92. The molecule has 0 fully saturated rings. The van der Waals surface area contributed by atoms with Crippen LogP contribution in [0.3, 0.4) is 0 Å². The summed E-state index contributed by atoms with van der Waals surface area (Å²) in [6.07, 6.45) is 2.37. The van der Waals surface area contributed by atoms with Crippen LogP contribution < -0.4 is 4.74 Å². The van der Waals surface area contributed by atoms with Crippen molar-refractivity contribution in [1.82, 2.24) is 0 Å². The second-order valence-electron chi connectivity index (χ2n) is 5.51. The van der Waals surface area contributed by atoms with Crippen LogP contribution in [-0.2, 0) is 12.8 Å². The molecule has 2 aromatic rings. The predicted octanol–water partition coefficient (Wildman–Crippen LogP) is 4.98. The zero-order valence-electron chi connectivity index (χ0n) is 12.2. The Kier molecular flexibility index (Phi) is 4.04. The van der Waals surface area contributed by atoms with Gasteiger partial charge in [0.15, 0.2) is 0 Å². The van der Waals surface area contributed by atoms with Crippen LogP contribution in [0.15, 0.2) is 30.3 Å². The molecule has 1 atom stereocenters. The molecular formula is C18H15ClFNO. The summed E-state index contributed by atoms with van der Waals surface area (Å²) in [5.74, 6) is 0.0600. The third kappa shape index (κ3) is 2.80. The number of benzene rings is 2. The lowest BCUT2D eigenvalue weighted by Crippen LogP contribution is -2.04. The van der Waals surface area contributed by atoms with E-state index in [4.69, 9.17) is 16.3 Å². The van der Waals surface area contributed by atoms with E-state index in [0.717, 1.165) is 29.5 Å². The molecule has 1 aliphatic rings. The van der Waals surface area contributed by atoms with Gasteiger partial charge >= 0.3 is 0 Å². The summed E-state index contributed by atoms with van der Waals surface area (Å²) in [7, 11) is 0. The lowest BCUT2D eigenvalue weighted by Gasteiger charge is -2.13. The topological polar surface area (TPSA) is 33.0 Å². The van der Waals surface area contributed by atoms with Gasteiger partial charge in [0.05, 0.1) is 16.7 Å². The molecule has 2 aromatic carbocycles. The van der Waals surface area contributed by atoms with Crippen LogP contribution >= 0.6 is 11.6 Å². The minimum absolute atomic E-state index is 0.112. The van der Waals surface area contributed by atoms with Gasteiger partial charge in [-0.05, 0) is 41.3 Å². The van der Waals surface area contributed by atoms with Crippen LogP contribution in [0.25, 0.3) is 0 Å². The van der Waals surface area contributed by atoms with E-state index in [2.05, 4.69) is 19.1 Å². The molecule has 4 heteroatoms. The number of hydrogen-bond acceptors (Lipinski definition) is 2. The van der Waals surface area contributed by atoms with Crippen molar-refractivity contribution in [3.05, 3.63) is 63.4 Å². The first-order valence-electron chi connectivity index (χ1n) is 7.29. The number of hydrogen-bond donors (Lipinski definition) is 0. The fourth-order valence-corrected chi connectivity index (χ4v) is 3.01. The first-order valence-corrected chi connectivity index (χ1v) is 7.67. The number of fused-ring (bicyclic) bond motifs is 1. The van der Waals surface area contributed by atoms with Crippen LogP contribution in [0.2, 0.25) is 5.02 Å². The lowest BCUT2D eigenvalue weighted by molar-refractivity contribution is 0.238. The molecule has 0 amide bonds. The molecule has 22 heavy (non-hydrogen) atoms. The highest BCUT2D eigenvalue weighted by Crippen LogP contribution is 2.39. The molecule has 112 valence electrons. The molecule has 0 aliphatic carbocycles. The second kappa shape index (κ2) is 5.98. The van der Waals surface area contributed by atoms with Gasteiger partial charge in [-0.2, -0.15) is 5.26 Å². The van der Waals surface area contributed by atoms with Crippen LogP contribution in [0.1, 0.15) is 41.7 Å². The third-order valence-electron chi connectivity index (χ3n) is 3.83. The average Bonchev–Trinajstić information content (AvgIpc) is 2.90. The minimum atomic E-state index is -0.474. The SMILES string of the molecule is CCCc1cc(C#N)cc(C2Cc3cc(Cl)c(F)cc3O2)c1. The van der Waals surface area contributed by atoms with E-state index in [1.54, 1.807) is 6.07 Å². The Labute approximate surface area is 134 Å². The van der Waals surface area contributed by atoms with Gasteiger partial charge in [-0.15, -0.1) is 0 Å². The highest BCUT2D eigenvalue weighted by molar-refractivity contribution is 6.30. The molecule has 0 aromatic heterocycles. The molecule has 0 radical (unpaired) electrons. The van der Waals surface area contributed by atoms with Crippen molar-refractivity contribution in [3.63, 3.8) is 0 Å². The lowest BCUT2D eigenvalue weighted by atomic mass is 9.97. The fourth-order valence-electron chi connectivity index (χ4n) is 2.82. The van der Waals surface area contributed by atoms with E-state index in [1.165, 1.54) is 6.07 Å².